The highest BCUT2D eigenvalue weighted by atomic mass is 19.1. The lowest BCUT2D eigenvalue weighted by atomic mass is 10.0. The van der Waals surface area contributed by atoms with Crippen molar-refractivity contribution in [3.8, 4) is 5.75 Å². The third-order valence-electron chi connectivity index (χ3n) is 2.67. The number of rotatable bonds is 3. The predicted octanol–water partition coefficient (Wildman–Crippen LogP) is 2.65. The lowest BCUT2D eigenvalue weighted by Crippen LogP contribution is -2.28. The van der Waals surface area contributed by atoms with Crippen LogP contribution in [0.25, 0.3) is 0 Å². The fourth-order valence-corrected chi connectivity index (χ4v) is 1.92. The van der Waals surface area contributed by atoms with E-state index in [4.69, 9.17) is 4.74 Å². The van der Waals surface area contributed by atoms with Gasteiger partial charge in [-0.05, 0) is 19.0 Å². The van der Waals surface area contributed by atoms with Crippen molar-refractivity contribution in [3.63, 3.8) is 0 Å². The Labute approximate surface area is 89.4 Å². The first-order valence-corrected chi connectivity index (χ1v) is 5.47. The summed E-state index contributed by atoms with van der Waals surface area (Å²) in [6.07, 6.45) is 2.00. The van der Waals surface area contributed by atoms with E-state index in [-0.39, 0.29) is 11.9 Å². The maximum Gasteiger partial charge on any atom is 0.165 e. The van der Waals surface area contributed by atoms with Crippen LogP contribution in [0, 0.1) is 5.82 Å². The molecular weight excluding hydrogens is 193 g/mol. The molecule has 0 aliphatic carbocycles. The van der Waals surface area contributed by atoms with Gasteiger partial charge in [-0.2, -0.15) is 0 Å². The van der Waals surface area contributed by atoms with Crippen LogP contribution in [0.5, 0.6) is 5.75 Å². The summed E-state index contributed by atoms with van der Waals surface area (Å²) < 4.78 is 18.8. The van der Waals surface area contributed by atoms with Gasteiger partial charge in [0.1, 0.15) is 0 Å². The molecule has 0 bridgehead atoms. The van der Waals surface area contributed by atoms with Gasteiger partial charge in [-0.3, -0.25) is 0 Å². The molecule has 3 heteroatoms. The number of hydrogen-bond acceptors (Lipinski definition) is 2. The molecule has 0 aromatic heterocycles. The van der Waals surface area contributed by atoms with E-state index < -0.39 is 0 Å². The average molecular weight is 209 g/mol. The van der Waals surface area contributed by atoms with Crippen LogP contribution in [0.3, 0.4) is 0 Å². The molecule has 82 valence electrons. The zero-order valence-electron chi connectivity index (χ0n) is 8.92. The van der Waals surface area contributed by atoms with Crippen LogP contribution >= 0.6 is 0 Å². The van der Waals surface area contributed by atoms with Gasteiger partial charge < -0.3 is 10.1 Å². The van der Waals surface area contributed by atoms with Crippen LogP contribution in [-0.4, -0.2) is 13.2 Å². The topological polar surface area (TPSA) is 21.3 Å². The van der Waals surface area contributed by atoms with E-state index in [9.17, 15) is 4.39 Å². The van der Waals surface area contributed by atoms with Gasteiger partial charge in [0.15, 0.2) is 11.6 Å². The zero-order valence-corrected chi connectivity index (χ0v) is 8.92. The van der Waals surface area contributed by atoms with Crippen molar-refractivity contribution in [1.82, 2.24) is 5.32 Å². The van der Waals surface area contributed by atoms with Crippen molar-refractivity contribution in [2.45, 2.75) is 25.8 Å². The Hall–Kier alpha value is -1.09. The van der Waals surface area contributed by atoms with E-state index in [2.05, 4.69) is 12.2 Å². The van der Waals surface area contributed by atoms with Crippen molar-refractivity contribution >= 4 is 0 Å². The van der Waals surface area contributed by atoms with Crippen LogP contribution in [0.15, 0.2) is 18.2 Å². The summed E-state index contributed by atoms with van der Waals surface area (Å²) in [6, 6.07) is 5.36. The largest absolute Gasteiger partial charge is 0.490 e. The first kappa shape index (κ1) is 10.4. The zero-order chi connectivity index (χ0) is 10.7. The Kier molecular flexibility index (Phi) is 3.21. The fourth-order valence-electron chi connectivity index (χ4n) is 1.92. The van der Waals surface area contributed by atoms with E-state index in [0.29, 0.717) is 12.4 Å². The van der Waals surface area contributed by atoms with Gasteiger partial charge in [0.05, 0.1) is 6.61 Å². The number of para-hydroxylation sites is 1. The smallest absolute Gasteiger partial charge is 0.165 e. The molecule has 0 amide bonds. The number of ether oxygens (including phenoxy) is 1. The lowest BCUT2D eigenvalue weighted by molar-refractivity contribution is 0.241. The molecule has 1 aliphatic heterocycles. The average Bonchev–Trinajstić information content (AvgIpc) is 2.27. The van der Waals surface area contributed by atoms with Crippen molar-refractivity contribution in [2.75, 3.05) is 13.2 Å². The molecular formula is C12H16FNO. The van der Waals surface area contributed by atoms with Crippen LogP contribution < -0.4 is 10.1 Å². The number of fused-ring (bicyclic) bond motifs is 1. The highest BCUT2D eigenvalue weighted by Gasteiger charge is 2.22. The maximum atomic E-state index is 13.4. The molecule has 0 spiro atoms. The quantitative estimate of drug-likeness (QED) is 0.826. The standard InChI is InChI=1S/C12H16FNO/c1-2-7-14-11-6-8-15-12-9(11)4-3-5-10(12)13/h3-5,11,14H,2,6-8H2,1H3. The second kappa shape index (κ2) is 4.62. The van der Waals surface area contributed by atoms with Crippen molar-refractivity contribution in [3.05, 3.63) is 29.6 Å². The van der Waals surface area contributed by atoms with Gasteiger partial charge in [-0.15, -0.1) is 0 Å². The summed E-state index contributed by atoms with van der Waals surface area (Å²) in [5, 5.41) is 3.41. The summed E-state index contributed by atoms with van der Waals surface area (Å²) in [5.74, 6) is 0.174. The predicted molar refractivity (Wildman–Crippen MR) is 57.5 cm³/mol. The molecule has 0 saturated carbocycles. The van der Waals surface area contributed by atoms with Gasteiger partial charge in [-0.25, -0.2) is 4.39 Å². The number of hydrogen-bond donors (Lipinski definition) is 1. The van der Waals surface area contributed by atoms with Crippen LogP contribution in [-0.2, 0) is 0 Å². The van der Waals surface area contributed by atoms with Crippen LogP contribution in [0.4, 0.5) is 4.39 Å². The highest BCUT2D eigenvalue weighted by molar-refractivity contribution is 5.38. The Balaban J connectivity index is 2.22. The molecule has 1 N–H and O–H groups in total. The number of benzene rings is 1. The summed E-state index contributed by atoms with van der Waals surface area (Å²) in [4.78, 5) is 0. The third kappa shape index (κ3) is 2.12. The molecule has 0 fully saturated rings. The first-order valence-electron chi connectivity index (χ1n) is 5.47. The number of halogens is 1. The van der Waals surface area contributed by atoms with Gasteiger partial charge in [0.25, 0.3) is 0 Å². The SMILES string of the molecule is CCCNC1CCOc2c(F)cccc21. The minimum absolute atomic E-state index is 0.240. The van der Waals surface area contributed by atoms with Gasteiger partial charge in [-0.1, -0.05) is 19.1 Å². The Bertz CT molecular complexity index is 340. The molecule has 1 aromatic rings. The highest BCUT2D eigenvalue weighted by Crippen LogP contribution is 2.33. The lowest BCUT2D eigenvalue weighted by Gasteiger charge is -2.26. The maximum absolute atomic E-state index is 13.4. The van der Waals surface area contributed by atoms with Gasteiger partial charge in [0, 0.05) is 18.0 Å². The molecule has 1 aliphatic rings. The first-order chi connectivity index (χ1) is 7.33. The third-order valence-corrected chi connectivity index (χ3v) is 2.67. The van der Waals surface area contributed by atoms with E-state index in [0.717, 1.165) is 24.9 Å². The fraction of sp³-hybridized carbons (Fsp3) is 0.500. The summed E-state index contributed by atoms with van der Waals surface area (Å²) in [7, 11) is 0. The van der Waals surface area contributed by atoms with E-state index in [1.54, 1.807) is 6.07 Å². The molecule has 1 aromatic carbocycles. The van der Waals surface area contributed by atoms with E-state index in [1.165, 1.54) is 6.07 Å². The normalized spacial score (nSPS) is 19.5. The van der Waals surface area contributed by atoms with Crippen LogP contribution in [0.1, 0.15) is 31.4 Å². The Morgan fingerprint density at radius 2 is 2.40 bits per heavy atom. The minimum atomic E-state index is -0.254. The van der Waals surface area contributed by atoms with Crippen molar-refractivity contribution in [1.29, 1.82) is 0 Å². The molecule has 2 nitrogen and oxygen atoms in total. The summed E-state index contributed by atoms with van der Waals surface area (Å²) >= 11 is 0. The molecule has 0 radical (unpaired) electrons. The second-order valence-electron chi connectivity index (χ2n) is 3.80. The summed E-state index contributed by atoms with van der Waals surface area (Å²) in [5.41, 5.74) is 0.953. The molecule has 0 saturated heterocycles. The number of nitrogens with one attached hydrogen (secondary N) is 1. The summed E-state index contributed by atoms with van der Waals surface area (Å²) in [6.45, 7) is 3.68. The van der Waals surface area contributed by atoms with Gasteiger partial charge >= 0.3 is 0 Å². The van der Waals surface area contributed by atoms with E-state index >= 15 is 0 Å². The monoisotopic (exact) mass is 209 g/mol. The second-order valence-corrected chi connectivity index (χ2v) is 3.80. The Morgan fingerprint density at radius 1 is 1.53 bits per heavy atom. The van der Waals surface area contributed by atoms with Crippen molar-refractivity contribution in [2.24, 2.45) is 0 Å². The van der Waals surface area contributed by atoms with Crippen molar-refractivity contribution < 1.29 is 9.13 Å². The minimum Gasteiger partial charge on any atom is -0.490 e. The van der Waals surface area contributed by atoms with Crippen LogP contribution in [0.2, 0.25) is 0 Å². The molecule has 1 atom stereocenters. The van der Waals surface area contributed by atoms with Gasteiger partial charge in [0.2, 0.25) is 0 Å². The molecule has 1 unspecified atom stereocenters. The molecule has 15 heavy (non-hydrogen) atoms. The molecule has 2 rings (SSSR count). The Morgan fingerprint density at radius 3 is 3.20 bits per heavy atom. The van der Waals surface area contributed by atoms with E-state index in [1.807, 2.05) is 6.07 Å². The molecule has 1 heterocycles.